The van der Waals surface area contributed by atoms with Crippen LogP contribution in [0.15, 0.2) is 65.6 Å². The van der Waals surface area contributed by atoms with E-state index in [1.54, 1.807) is 17.8 Å². The Hall–Kier alpha value is -2.74. The van der Waals surface area contributed by atoms with Gasteiger partial charge in [0.2, 0.25) is 0 Å². The van der Waals surface area contributed by atoms with Crippen molar-refractivity contribution in [3.63, 3.8) is 0 Å². The quantitative estimate of drug-likeness (QED) is 0.391. The number of nitrogens with zero attached hydrogens (tertiary/aromatic N) is 1. The summed E-state index contributed by atoms with van der Waals surface area (Å²) in [6, 6.07) is 19.2. The number of hydrogen-bond acceptors (Lipinski definition) is 7. The van der Waals surface area contributed by atoms with Crippen LogP contribution < -0.4 is 15.2 Å². The number of carbonyl (C=O) groups is 1. The highest BCUT2D eigenvalue weighted by molar-refractivity contribution is 7.99. The standard InChI is InChI=1S/C14H13ClN2OS.C9H8O2.C4H10O/c15-13-7-9(8-14(16)17-13)19-12-5-6-18-11-4-2-1-3-10(11)12;10-8-5-6-11-9-4-2-1-3-7(8)9;1-3-5-4-2/h1-4,7-8,12H,5-6H2,(H2,16,17);1-4H,5-6H2;3-4H2,1-2H3. The lowest BCUT2D eigenvalue weighted by Crippen LogP contribution is -2.14. The van der Waals surface area contributed by atoms with E-state index in [1.165, 1.54) is 5.56 Å². The van der Waals surface area contributed by atoms with E-state index in [4.69, 9.17) is 31.5 Å². The number of fused-ring (bicyclic) bond motifs is 2. The summed E-state index contributed by atoms with van der Waals surface area (Å²) in [4.78, 5) is 16.2. The van der Waals surface area contributed by atoms with Gasteiger partial charge < -0.3 is 19.9 Å². The molecule has 6 nitrogen and oxygen atoms in total. The number of ketones is 1. The molecule has 3 aromatic rings. The van der Waals surface area contributed by atoms with Gasteiger partial charge in [-0.05, 0) is 50.6 Å². The normalized spacial score (nSPS) is 15.6. The Balaban J connectivity index is 0.000000180. The second-order valence-corrected chi connectivity index (χ2v) is 9.29. The monoisotopic (exact) mass is 514 g/mol. The van der Waals surface area contributed by atoms with Gasteiger partial charge in [0.1, 0.15) is 22.5 Å². The molecule has 35 heavy (non-hydrogen) atoms. The van der Waals surface area contributed by atoms with Crippen LogP contribution in [0.5, 0.6) is 11.5 Å². The molecule has 186 valence electrons. The molecule has 0 aliphatic carbocycles. The van der Waals surface area contributed by atoms with E-state index in [0.29, 0.717) is 29.2 Å². The van der Waals surface area contributed by atoms with Gasteiger partial charge in [-0.25, -0.2) is 4.98 Å². The van der Waals surface area contributed by atoms with Gasteiger partial charge in [-0.3, -0.25) is 4.79 Å². The fourth-order valence-electron chi connectivity index (χ4n) is 3.57. The van der Waals surface area contributed by atoms with Crippen LogP contribution in [0.4, 0.5) is 5.82 Å². The zero-order valence-corrected chi connectivity index (χ0v) is 21.6. The summed E-state index contributed by atoms with van der Waals surface area (Å²) in [5.74, 6) is 2.34. The summed E-state index contributed by atoms with van der Waals surface area (Å²) in [6.07, 6.45) is 1.48. The van der Waals surface area contributed by atoms with Crippen molar-refractivity contribution in [2.75, 3.05) is 32.2 Å². The number of hydrogen-bond donors (Lipinski definition) is 1. The summed E-state index contributed by atoms with van der Waals surface area (Å²) in [7, 11) is 0. The van der Waals surface area contributed by atoms with Crippen LogP contribution in [-0.4, -0.2) is 37.2 Å². The fraction of sp³-hybridized carbons (Fsp3) is 0.333. The predicted octanol–water partition coefficient (Wildman–Crippen LogP) is 6.63. The first kappa shape index (κ1) is 26.9. The van der Waals surface area contributed by atoms with E-state index in [2.05, 4.69) is 11.1 Å². The van der Waals surface area contributed by atoms with Crippen LogP contribution in [0.2, 0.25) is 5.15 Å². The number of pyridine rings is 1. The van der Waals surface area contributed by atoms with Crippen molar-refractivity contribution in [2.45, 2.75) is 36.8 Å². The highest BCUT2D eigenvalue weighted by Crippen LogP contribution is 2.44. The highest BCUT2D eigenvalue weighted by atomic mass is 35.5. The van der Waals surface area contributed by atoms with Crippen molar-refractivity contribution in [3.05, 3.63) is 76.9 Å². The molecule has 2 aliphatic heterocycles. The predicted molar refractivity (Wildman–Crippen MR) is 142 cm³/mol. The number of nitrogens with two attached hydrogens (primary N) is 1. The summed E-state index contributed by atoms with van der Waals surface area (Å²) >= 11 is 7.69. The van der Waals surface area contributed by atoms with Gasteiger partial charge >= 0.3 is 0 Å². The van der Waals surface area contributed by atoms with Gasteiger partial charge in [-0.2, -0.15) is 0 Å². The summed E-state index contributed by atoms with van der Waals surface area (Å²) in [5, 5.41) is 0.797. The molecule has 1 atom stereocenters. The summed E-state index contributed by atoms with van der Waals surface area (Å²) in [6.45, 7) is 6.93. The molecule has 0 spiro atoms. The third-order valence-corrected chi connectivity index (χ3v) is 6.63. The molecule has 2 N–H and O–H groups in total. The Kier molecular flexibility index (Phi) is 10.7. The molecule has 2 aromatic carbocycles. The van der Waals surface area contributed by atoms with Crippen molar-refractivity contribution in [2.24, 2.45) is 0 Å². The topological polar surface area (TPSA) is 83.7 Å². The molecule has 0 bridgehead atoms. The summed E-state index contributed by atoms with van der Waals surface area (Å²) in [5.41, 5.74) is 7.67. The largest absolute Gasteiger partial charge is 0.493 e. The number of rotatable bonds is 4. The van der Waals surface area contributed by atoms with Crippen LogP contribution in [-0.2, 0) is 4.74 Å². The van der Waals surface area contributed by atoms with Gasteiger partial charge in [0.15, 0.2) is 5.78 Å². The lowest BCUT2D eigenvalue weighted by molar-refractivity contribution is 0.0933. The lowest BCUT2D eigenvalue weighted by atomic mass is 10.1. The molecule has 5 rings (SSSR count). The van der Waals surface area contributed by atoms with Crippen LogP contribution in [0, 0.1) is 0 Å². The van der Waals surface area contributed by atoms with Gasteiger partial charge in [0.25, 0.3) is 0 Å². The lowest BCUT2D eigenvalue weighted by Gasteiger charge is -2.25. The maximum Gasteiger partial charge on any atom is 0.169 e. The zero-order valence-electron chi connectivity index (χ0n) is 20.0. The molecule has 0 saturated heterocycles. The van der Waals surface area contributed by atoms with Crippen LogP contribution in [0.25, 0.3) is 0 Å². The second-order valence-electron chi connectivity index (χ2n) is 7.63. The van der Waals surface area contributed by atoms with E-state index in [1.807, 2.05) is 62.4 Å². The molecular formula is C27H31ClN2O4S. The number of para-hydroxylation sites is 2. The van der Waals surface area contributed by atoms with E-state index in [-0.39, 0.29) is 5.78 Å². The molecule has 3 heterocycles. The number of benzene rings is 2. The van der Waals surface area contributed by atoms with Gasteiger partial charge in [-0.15, -0.1) is 11.8 Å². The second kappa shape index (κ2) is 14.0. The molecule has 0 amide bonds. The van der Waals surface area contributed by atoms with Crippen LogP contribution in [0.1, 0.15) is 47.9 Å². The third kappa shape index (κ3) is 8.16. The van der Waals surface area contributed by atoms with Crippen molar-refractivity contribution in [1.29, 1.82) is 0 Å². The Morgan fingerprint density at radius 2 is 1.71 bits per heavy atom. The minimum absolute atomic E-state index is 0.187. The maximum atomic E-state index is 11.2. The first-order chi connectivity index (χ1) is 17.0. The van der Waals surface area contributed by atoms with Crippen molar-refractivity contribution < 1.29 is 19.0 Å². The Bertz CT molecular complexity index is 1090. The molecule has 1 aromatic heterocycles. The van der Waals surface area contributed by atoms with Gasteiger partial charge in [0.05, 0.1) is 18.8 Å². The number of Topliss-reactive ketones (excluding diaryl/α,β-unsaturated/α-hetero) is 1. The van der Waals surface area contributed by atoms with Crippen LogP contribution in [0.3, 0.4) is 0 Å². The summed E-state index contributed by atoms with van der Waals surface area (Å²) < 4.78 is 15.8. The minimum atomic E-state index is 0.187. The molecule has 8 heteroatoms. The van der Waals surface area contributed by atoms with E-state index >= 15 is 0 Å². The highest BCUT2D eigenvalue weighted by Gasteiger charge is 2.22. The van der Waals surface area contributed by atoms with E-state index in [0.717, 1.165) is 48.2 Å². The number of ether oxygens (including phenoxy) is 3. The first-order valence-corrected chi connectivity index (χ1v) is 12.9. The fourth-order valence-corrected chi connectivity index (χ4v) is 5.08. The van der Waals surface area contributed by atoms with E-state index in [9.17, 15) is 4.79 Å². The minimum Gasteiger partial charge on any atom is -0.493 e. The van der Waals surface area contributed by atoms with Crippen LogP contribution >= 0.6 is 23.4 Å². The molecule has 0 radical (unpaired) electrons. The van der Waals surface area contributed by atoms with Crippen molar-refractivity contribution >= 4 is 35.0 Å². The molecule has 0 fully saturated rings. The van der Waals surface area contributed by atoms with E-state index < -0.39 is 0 Å². The van der Waals surface area contributed by atoms with Crippen molar-refractivity contribution in [3.8, 4) is 11.5 Å². The first-order valence-electron chi connectivity index (χ1n) is 11.7. The third-order valence-electron chi connectivity index (χ3n) is 5.15. The average Bonchev–Trinajstić information content (AvgIpc) is 2.85. The molecule has 2 aliphatic rings. The number of aromatic nitrogens is 1. The SMILES string of the molecule is CCOCC.Nc1cc(SC2CCOc3ccccc32)cc(Cl)n1.O=C1CCOc2ccccc21. The molecule has 0 saturated carbocycles. The average molecular weight is 515 g/mol. The van der Waals surface area contributed by atoms with Gasteiger partial charge in [-0.1, -0.05) is 41.9 Å². The maximum absolute atomic E-state index is 11.2. The number of thioether (sulfide) groups is 1. The molecular weight excluding hydrogens is 484 g/mol. The Labute approximate surface area is 216 Å². The number of nitrogen functional groups attached to an aromatic ring is 1. The zero-order chi connectivity index (χ0) is 25.0. The smallest absolute Gasteiger partial charge is 0.169 e. The molecule has 1 unspecified atom stereocenters. The number of halogens is 1. The Morgan fingerprint density at radius 3 is 2.40 bits per heavy atom. The Morgan fingerprint density at radius 1 is 1.03 bits per heavy atom. The van der Waals surface area contributed by atoms with Crippen molar-refractivity contribution in [1.82, 2.24) is 4.98 Å². The van der Waals surface area contributed by atoms with Gasteiger partial charge in [0, 0.05) is 35.3 Å². The number of anilines is 1. The number of carbonyl (C=O) groups excluding carboxylic acids is 1.